The summed E-state index contributed by atoms with van der Waals surface area (Å²) in [4.78, 5) is 18.8. The third-order valence-corrected chi connectivity index (χ3v) is 4.33. The van der Waals surface area contributed by atoms with Crippen LogP contribution in [-0.2, 0) is 0 Å². The molecular weight excluding hydrogens is 258 g/mol. The number of rotatable bonds is 4. The highest BCUT2D eigenvalue weighted by Gasteiger charge is 2.13. The molecule has 1 aromatic heterocycles. The zero-order valence-electron chi connectivity index (χ0n) is 10.8. The van der Waals surface area contributed by atoms with Crippen LogP contribution in [0.4, 0.5) is 0 Å². The van der Waals surface area contributed by atoms with Gasteiger partial charge in [-0.05, 0) is 18.2 Å². The van der Waals surface area contributed by atoms with Crippen LogP contribution < -0.4 is 5.32 Å². The van der Waals surface area contributed by atoms with E-state index in [1.165, 1.54) is 0 Å². The minimum Gasteiger partial charge on any atom is -0.314 e. The number of piperazine rings is 1. The van der Waals surface area contributed by atoms with Crippen molar-refractivity contribution in [1.82, 2.24) is 15.2 Å². The first-order chi connectivity index (χ1) is 9.33. The summed E-state index contributed by atoms with van der Waals surface area (Å²) >= 11 is 1.61. The summed E-state index contributed by atoms with van der Waals surface area (Å²) in [6, 6.07) is 5.82. The zero-order valence-corrected chi connectivity index (χ0v) is 11.6. The Bertz CT molecular complexity index is 575. The lowest BCUT2D eigenvalue weighted by molar-refractivity contribution is 0.0961. The van der Waals surface area contributed by atoms with E-state index in [0.717, 1.165) is 48.5 Å². The van der Waals surface area contributed by atoms with Crippen LogP contribution in [0.25, 0.3) is 10.2 Å². The zero-order chi connectivity index (χ0) is 13.1. The van der Waals surface area contributed by atoms with Gasteiger partial charge < -0.3 is 10.2 Å². The Morgan fingerprint density at radius 3 is 3.05 bits per heavy atom. The molecule has 0 aliphatic carbocycles. The number of carbonyl (C=O) groups is 1. The van der Waals surface area contributed by atoms with Crippen molar-refractivity contribution in [3.05, 3.63) is 29.3 Å². The molecule has 2 aromatic rings. The lowest BCUT2D eigenvalue weighted by Gasteiger charge is -2.26. The Morgan fingerprint density at radius 2 is 2.21 bits per heavy atom. The smallest absolute Gasteiger partial charge is 0.164 e. The van der Waals surface area contributed by atoms with Crippen LogP contribution in [0.1, 0.15) is 16.8 Å². The molecule has 0 atom stereocenters. The van der Waals surface area contributed by atoms with Gasteiger partial charge in [0.1, 0.15) is 0 Å². The van der Waals surface area contributed by atoms with Crippen LogP contribution in [0, 0.1) is 0 Å². The Balaban J connectivity index is 1.62. The summed E-state index contributed by atoms with van der Waals surface area (Å²) in [7, 11) is 0. The first-order valence-electron chi connectivity index (χ1n) is 6.62. The first kappa shape index (κ1) is 12.7. The molecule has 1 aliphatic rings. The maximum atomic E-state index is 12.2. The minimum absolute atomic E-state index is 0.216. The average Bonchev–Trinajstić information content (AvgIpc) is 2.93. The van der Waals surface area contributed by atoms with Gasteiger partial charge in [-0.15, -0.1) is 11.3 Å². The van der Waals surface area contributed by atoms with E-state index in [4.69, 9.17) is 0 Å². The van der Waals surface area contributed by atoms with E-state index < -0.39 is 0 Å². The molecule has 0 radical (unpaired) electrons. The number of nitrogens with one attached hydrogen (secondary N) is 1. The summed E-state index contributed by atoms with van der Waals surface area (Å²) < 4.78 is 1.14. The molecule has 0 bridgehead atoms. The van der Waals surface area contributed by atoms with Gasteiger partial charge in [0.15, 0.2) is 5.78 Å². The Hall–Kier alpha value is -1.30. The van der Waals surface area contributed by atoms with E-state index in [2.05, 4.69) is 15.2 Å². The number of fused-ring (bicyclic) bond motifs is 1. The number of thiazole rings is 1. The normalized spacial score (nSPS) is 16.8. The van der Waals surface area contributed by atoms with Gasteiger partial charge >= 0.3 is 0 Å². The quantitative estimate of drug-likeness (QED) is 0.864. The molecule has 1 saturated heterocycles. The van der Waals surface area contributed by atoms with Crippen molar-refractivity contribution >= 4 is 27.3 Å². The molecule has 4 nitrogen and oxygen atoms in total. The highest BCUT2D eigenvalue weighted by Crippen LogP contribution is 2.19. The molecule has 1 aromatic carbocycles. The second-order valence-corrected chi connectivity index (χ2v) is 5.69. The van der Waals surface area contributed by atoms with E-state index in [9.17, 15) is 4.79 Å². The predicted molar refractivity (Wildman–Crippen MR) is 77.9 cm³/mol. The van der Waals surface area contributed by atoms with Crippen LogP contribution >= 0.6 is 11.3 Å². The van der Waals surface area contributed by atoms with Gasteiger partial charge in [-0.2, -0.15) is 0 Å². The second kappa shape index (κ2) is 5.77. The molecule has 100 valence electrons. The molecule has 5 heteroatoms. The number of carbonyl (C=O) groups excluding carboxylic acids is 1. The summed E-state index contributed by atoms with van der Waals surface area (Å²) in [5.74, 6) is 0.216. The van der Waals surface area contributed by atoms with E-state index in [1.807, 2.05) is 23.7 Å². The van der Waals surface area contributed by atoms with E-state index >= 15 is 0 Å². The number of nitrogens with zero attached hydrogens (tertiary/aromatic N) is 2. The van der Waals surface area contributed by atoms with E-state index in [0.29, 0.717) is 6.42 Å². The van der Waals surface area contributed by atoms with Crippen molar-refractivity contribution in [1.29, 1.82) is 0 Å². The predicted octanol–water partition coefficient (Wildman–Crippen LogP) is 1.77. The number of aromatic nitrogens is 1. The number of hydrogen-bond acceptors (Lipinski definition) is 5. The SMILES string of the molecule is O=C(CCN1CCNCC1)c1ccc2scnc2c1. The molecule has 1 aliphatic heterocycles. The van der Waals surface area contributed by atoms with Crippen molar-refractivity contribution < 1.29 is 4.79 Å². The first-order valence-corrected chi connectivity index (χ1v) is 7.50. The van der Waals surface area contributed by atoms with E-state index in [1.54, 1.807) is 11.3 Å². The molecule has 3 rings (SSSR count). The molecule has 1 fully saturated rings. The van der Waals surface area contributed by atoms with Crippen molar-refractivity contribution in [3.63, 3.8) is 0 Å². The Labute approximate surface area is 116 Å². The Kier molecular flexibility index (Phi) is 3.87. The fourth-order valence-electron chi connectivity index (χ4n) is 2.37. The lowest BCUT2D eigenvalue weighted by Crippen LogP contribution is -2.44. The Morgan fingerprint density at radius 1 is 1.37 bits per heavy atom. The van der Waals surface area contributed by atoms with Gasteiger partial charge in [0, 0.05) is 44.7 Å². The topological polar surface area (TPSA) is 45.2 Å². The maximum absolute atomic E-state index is 12.2. The van der Waals surface area contributed by atoms with Crippen LogP contribution in [0.5, 0.6) is 0 Å². The van der Waals surface area contributed by atoms with Gasteiger partial charge in [0.25, 0.3) is 0 Å². The maximum Gasteiger partial charge on any atom is 0.164 e. The van der Waals surface area contributed by atoms with Gasteiger partial charge in [-0.1, -0.05) is 0 Å². The van der Waals surface area contributed by atoms with Crippen molar-refractivity contribution in [2.24, 2.45) is 0 Å². The number of ketones is 1. The van der Waals surface area contributed by atoms with Crippen LogP contribution in [0.2, 0.25) is 0 Å². The number of hydrogen-bond donors (Lipinski definition) is 1. The molecule has 2 heterocycles. The van der Waals surface area contributed by atoms with Crippen molar-refractivity contribution in [2.75, 3.05) is 32.7 Å². The monoisotopic (exact) mass is 275 g/mol. The molecule has 0 amide bonds. The highest BCUT2D eigenvalue weighted by atomic mass is 32.1. The fourth-order valence-corrected chi connectivity index (χ4v) is 3.03. The molecule has 0 spiro atoms. The number of Topliss-reactive ketones (excluding diaryl/α,β-unsaturated/α-hetero) is 1. The second-order valence-electron chi connectivity index (χ2n) is 4.80. The standard InChI is InChI=1S/C14H17N3OS/c18-13(3-6-17-7-4-15-5-8-17)11-1-2-14-12(9-11)16-10-19-14/h1-2,9-10,15H,3-8H2. The van der Waals surface area contributed by atoms with Gasteiger partial charge in [-0.3, -0.25) is 4.79 Å². The summed E-state index contributed by atoms with van der Waals surface area (Å²) in [5.41, 5.74) is 3.53. The highest BCUT2D eigenvalue weighted by molar-refractivity contribution is 7.16. The minimum atomic E-state index is 0.216. The molecule has 1 N–H and O–H groups in total. The third-order valence-electron chi connectivity index (χ3n) is 3.52. The van der Waals surface area contributed by atoms with Gasteiger partial charge in [0.2, 0.25) is 0 Å². The van der Waals surface area contributed by atoms with Crippen LogP contribution in [0.3, 0.4) is 0 Å². The van der Waals surface area contributed by atoms with Gasteiger partial charge in [-0.25, -0.2) is 4.98 Å². The largest absolute Gasteiger partial charge is 0.314 e. The van der Waals surface area contributed by atoms with Crippen LogP contribution in [-0.4, -0.2) is 48.4 Å². The lowest BCUT2D eigenvalue weighted by atomic mass is 10.1. The summed E-state index contributed by atoms with van der Waals surface area (Å²) in [5, 5.41) is 3.32. The molecule has 19 heavy (non-hydrogen) atoms. The van der Waals surface area contributed by atoms with Crippen LogP contribution in [0.15, 0.2) is 23.7 Å². The third kappa shape index (κ3) is 3.00. The number of benzene rings is 1. The fraction of sp³-hybridized carbons (Fsp3) is 0.429. The van der Waals surface area contributed by atoms with E-state index in [-0.39, 0.29) is 5.78 Å². The van der Waals surface area contributed by atoms with Crippen molar-refractivity contribution in [3.8, 4) is 0 Å². The van der Waals surface area contributed by atoms with Gasteiger partial charge in [0.05, 0.1) is 15.7 Å². The molecule has 0 unspecified atom stereocenters. The summed E-state index contributed by atoms with van der Waals surface area (Å²) in [6.45, 7) is 4.99. The molecule has 0 saturated carbocycles. The average molecular weight is 275 g/mol. The summed E-state index contributed by atoms with van der Waals surface area (Å²) in [6.07, 6.45) is 0.593. The van der Waals surface area contributed by atoms with Crippen molar-refractivity contribution in [2.45, 2.75) is 6.42 Å². The molecular formula is C14H17N3OS.